The van der Waals surface area contributed by atoms with E-state index in [2.05, 4.69) is 4.72 Å². The highest BCUT2D eigenvalue weighted by Crippen LogP contribution is 2.29. The quantitative estimate of drug-likeness (QED) is 0.871. The Morgan fingerprint density at radius 1 is 0.880 bits per heavy atom. The zero-order valence-electron chi connectivity index (χ0n) is 16.0. The minimum atomic E-state index is -3.63. The van der Waals surface area contributed by atoms with Gasteiger partial charge in [0, 0.05) is 26.1 Å². The van der Waals surface area contributed by atoms with Gasteiger partial charge in [0.25, 0.3) is 0 Å². The van der Waals surface area contributed by atoms with Gasteiger partial charge >= 0.3 is 0 Å². The topological polar surface area (TPSA) is 66.5 Å². The molecule has 1 aromatic carbocycles. The van der Waals surface area contributed by atoms with Crippen molar-refractivity contribution in [3.63, 3.8) is 0 Å². The third-order valence-electron chi connectivity index (χ3n) is 5.54. The van der Waals surface area contributed by atoms with E-state index in [0.717, 1.165) is 53.7 Å². The monoisotopic (exact) mass is 366 g/mol. The fourth-order valence-electron chi connectivity index (χ4n) is 3.53. The van der Waals surface area contributed by atoms with E-state index in [-0.39, 0.29) is 18.9 Å². The average molecular weight is 367 g/mol. The molecule has 25 heavy (non-hydrogen) atoms. The molecule has 0 bridgehead atoms. The number of rotatable bonds is 5. The van der Waals surface area contributed by atoms with Crippen molar-refractivity contribution in [3.8, 4) is 0 Å². The standard InChI is InChI=1S/C19H30N2O3S/c1-13-14(2)16(4)19(17(5)15(13)3)25(23,24)20-10-9-18(22)21-11-7-6-8-12-21/h20H,6-12H2,1-5H3. The Balaban J connectivity index is 2.11. The maximum atomic E-state index is 12.8. The van der Waals surface area contributed by atoms with E-state index < -0.39 is 10.0 Å². The van der Waals surface area contributed by atoms with Gasteiger partial charge in [0.2, 0.25) is 15.9 Å². The summed E-state index contributed by atoms with van der Waals surface area (Å²) in [5.74, 6) is 0.0344. The Labute approximate surface area is 151 Å². The largest absolute Gasteiger partial charge is 0.343 e. The lowest BCUT2D eigenvalue weighted by atomic mass is 9.95. The third kappa shape index (κ3) is 4.23. The van der Waals surface area contributed by atoms with Crippen LogP contribution in [-0.2, 0) is 14.8 Å². The maximum Gasteiger partial charge on any atom is 0.241 e. The van der Waals surface area contributed by atoms with E-state index in [9.17, 15) is 13.2 Å². The number of nitrogens with zero attached hydrogens (tertiary/aromatic N) is 1. The first-order valence-electron chi connectivity index (χ1n) is 9.01. The minimum Gasteiger partial charge on any atom is -0.343 e. The molecule has 2 rings (SSSR count). The molecule has 6 heteroatoms. The first kappa shape index (κ1) is 19.9. The molecule has 1 N–H and O–H groups in total. The summed E-state index contributed by atoms with van der Waals surface area (Å²) in [7, 11) is -3.63. The second-order valence-corrected chi connectivity index (χ2v) is 8.75. The highest BCUT2D eigenvalue weighted by molar-refractivity contribution is 7.89. The van der Waals surface area contributed by atoms with E-state index in [0.29, 0.717) is 4.90 Å². The van der Waals surface area contributed by atoms with Crippen LogP contribution in [0.2, 0.25) is 0 Å². The van der Waals surface area contributed by atoms with Crippen molar-refractivity contribution < 1.29 is 13.2 Å². The van der Waals surface area contributed by atoms with Gasteiger partial charge in [-0.1, -0.05) is 0 Å². The van der Waals surface area contributed by atoms with Crippen molar-refractivity contribution in [1.82, 2.24) is 9.62 Å². The lowest BCUT2D eigenvalue weighted by molar-refractivity contribution is -0.131. The summed E-state index contributed by atoms with van der Waals surface area (Å²) >= 11 is 0. The number of likely N-dealkylation sites (tertiary alicyclic amines) is 1. The van der Waals surface area contributed by atoms with Gasteiger partial charge in [0.1, 0.15) is 0 Å². The molecule has 5 nitrogen and oxygen atoms in total. The number of nitrogens with one attached hydrogen (secondary N) is 1. The number of benzene rings is 1. The molecule has 0 aliphatic carbocycles. The summed E-state index contributed by atoms with van der Waals surface area (Å²) < 4.78 is 28.2. The molecule has 0 saturated carbocycles. The number of carbonyl (C=O) groups is 1. The average Bonchev–Trinajstić information content (AvgIpc) is 2.58. The summed E-state index contributed by atoms with van der Waals surface area (Å²) in [4.78, 5) is 14.4. The van der Waals surface area contributed by atoms with Gasteiger partial charge in [0.05, 0.1) is 4.90 Å². The summed E-state index contributed by atoms with van der Waals surface area (Å²) in [5.41, 5.74) is 4.72. The normalized spacial score (nSPS) is 15.5. The van der Waals surface area contributed by atoms with Crippen molar-refractivity contribution in [2.75, 3.05) is 19.6 Å². The van der Waals surface area contributed by atoms with Crippen LogP contribution in [0.5, 0.6) is 0 Å². The first-order valence-corrected chi connectivity index (χ1v) is 10.5. The third-order valence-corrected chi connectivity index (χ3v) is 7.27. The molecule has 1 aliphatic rings. The van der Waals surface area contributed by atoms with Gasteiger partial charge in [-0.2, -0.15) is 0 Å². The van der Waals surface area contributed by atoms with Crippen LogP contribution in [-0.4, -0.2) is 38.9 Å². The predicted octanol–water partition coefficient (Wildman–Crippen LogP) is 2.91. The zero-order chi connectivity index (χ0) is 18.8. The smallest absolute Gasteiger partial charge is 0.241 e. The van der Waals surface area contributed by atoms with Gasteiger partial charge in [-0.15, -0.1) is 0 Å². The van der Waals surface area contributed by atoms with E-state index in [1.54, 1.807) is 0 Å². The maximum absolute atomic E-state index is 12.8. The molecule has 0 radical (unpaired) electrons. The number of piperidine rings is 1. The van der Waals surface area contributed by atoms with Crippen LogP contribution < -0.4 is 4.72 Å². The Kier molecular flexibility index (Phi) is 6.27. The molecule has 0 atom stereocenters. The van der Waals surface area contributed by atoms with Crippen LogP contribution in [0.4, 0.5) is 0 Å². The Morgan fingerprint density at radius 3 is 1.88 bits per heavy atom. The lowest BCUT2D eigenvalue weighted by Gasteiger charge is -2.26. The van der Waals surface area contributed by atoms with Gasteiger partial charge in [-0.3, -0.25) is 4.79 Å². The second-order valence-electron chi connectivity index (χ2n) is 7.04. The van der Waals surface area contributed by atoms with Crippen molar-refractivity contribution in [1.29, 1.82) is 0 Å². The minimum absolute atomic E-state index is 0.0344. The number of carbonyl (C=O) groups excluding carboxylic acids is 1. The highest BCUT2D eigenvalue weighted by Gasteiger charge is 2.24. The SMILES string of the molecule is Cc1c(C)c(C)c(S(=O)(=O)NCCC(=O)N2CCCCC2)c(C)c1C. The Morgan fingerprint density at radius 2 is 1.36 bits per heavy atom. The molecule has 1 heterocycles. The van der Waals surface area contributed by atoms with Crippen molar-refractivity contribution in [2.24, 2.45) is 0 Å². The van der Waals surface area contributed by atoms with E-state index in [1.807, 2.05) is 39.5 Å². The van der Waals surface area contributed by atoms with Crippen molar-refractivity contribution in [3.05, 3.63) is 27.8 Å². The molecule has 1 aliphatic heterocycles. The van der Waals surface area contributed by atoms with Crippen LogP contribution >= 0.6 is 0 Å². The number of amides is 1. The molecule has 1 saturated heterocycles. The number of hydrogen-bond donors (Lipinski definition) is 1. The fourth-order valence-corrected chi connectivity index (χ4v) is 5.16. The molecular formula is C19H30N2O3S. The predicted molar refractivity (Wildman–Crippen MR) is 100 cm³/mol. The summed E-state index contributed by atoms with van der Waals surface area (Å²) in [6, 6.07) is 0. The van der Waals surface area contributed by atoms with Gasteiger partial charge in [0.15, 0.2) is 0 Å². The molecule has 0 unspecified atom stereocenters. The summed E-state index contributed by atoms with van der Waals surface area (Å²) in [5, 5.41) is 0. The molecule has 0 aromatic heterocycles. The van der Waals surface area contributed by atoms with Crippen LogP contribution in [0.25, 0.3) is 0 Å². The molecule has 1 amide bonds. The van der Waals surface area contributed by atoms with Gasteiger partial charge in [-0.05, 0) is 81.7 Å². The first-order chi connectivity index (χ1) is 11.7. The fraction of sp³-hybridized carbons (Fsp3) is 0.632. The van der Waals surface area contributed by atoms with E-state index >= 15 is 0 Å². The second kappa shape index (κ2) is 7.87. The van der Waals surface area contributed by atoms with Crippen LogP contribution in [0.1, 0.15) is 53.5 Å². The van der Waals surface area contributed by atoms with E-state index in [4.69, 9.17) is 0 Å². The Bertz CT molecular complexity index is 734. The van der Waals surface area contributed by atoms with Gasteiger partial charge in [-0.25, -0.2) is 13.1 Å². The van der Waals surface area contributed by atoms with Crippen LogP contribution in [0, 0.1) is 34.6 Å². The van der Waals surface area contributed by atoms with Gasteiger partial charge < -0.3 is 4.90 Å². The van der Waals surface area contributed by atoms with Crippen LogP contribution in [0.3, 0.4) is 0 Å². The lowest BCUT2D eigenvalue weighted by Crippen LogP contribution is -2.38. The van der Waals surface area contributed by atoms with Crippen molar-refractivity contribution in [2.45, 2.75) is 65.2 Å². The summed E-state index contributed by atoms with van der Waals surface area (Å²) in [6.45, 7) is 11.4. The number of hydrogen-bond acceptors (Lipinski definition) is 3. The zero-order valence-corrected chi connectivity index (χ0v) is 16.8. The highest BCUT2D eigenvalue weighted by atomic mass is 32.2. The molecular weight excluding hydrogens is 336 g/mol. The van der Waals surface area contributed by atoms with E-state index in [1.165, 1.54) is 6.42 Å². The van der Waals surface area contributed by atoms with Crippen LogP contribution in [0.15, 0.2) is 4.90 Å². The summed E-state index contributed by atoms with van der Waals surface area (Å²) in [6.07, 6.45) is 3.46. The Hall–Kier alpha value is -1.40. The molecule has 1 fully saturated rings. The molecule has 1 aromatic rings. The molecule has 0 spiro atoms. The van der Waals surface area contributed by atoms with Crippen molar-refractivity contribution >= 4 is 15.9 Å². The molecule has 140 valence electrons. The number of sulfonamides is 1.